The minimum Gasteiger partial charge on any atom is -0.286 e. The highest BCUT2D eigenvalue weighted by Gasteiger charge is 2.20. The molecule has 3 rings (SSSR count). The fraction of sp³-hybridized carbons (Fsp3) is 0.455. The quantitative estimate of drug-likeness (QED) is 0.810. The Balaban J connectivity index is 2.03. The van der Waals surface area contributed by atoms with E-state index in [4.69, 9.17) is 0 Å². The average Bonchev–Trinajstić information content (AvgIpc) is 2.73. The fourth-order valence-electron chi connectivity index (χ4n) is 2.12. The summed E-state index contributed by atoms with van der Waals surface area (Å²) in [5, 5.41) is 8.57. The minimum absolute atomic E-state index is 0.581. The lowest BCUT2D eigenvalue weighted by Crippen LogP contribution is -2.11. The Morgan fingerprint density at radius 3 is 2.94 bits per heavy atom. The predicted octanol–water partition coefficient (Wildman–Crippen LogP) is 3.10. The lowest BCUT2D eigenvalue weighted by Gasteiger charge is -2.19. The highest BCUT2D eigenvalue weighted by atomic mass is 79.9. The molecule has 0 amide bonds. The van der Waals surface area contributed by atoms with E-state index in [9.17, 15) is 0 Å². The first-order valence-corrected chi connectivity index (χ1v) is 7.37. The zero-order valence-corrected chi connectivity index (χ0v) is 11.2. The Morgan fingerprint density at radius 2 is 2.12 bits per heavy atom. The first kappa shape index (κ1) is 10.6. The Labute approximate surface area is 107 Å². The van der Waals surface area contributed by atoms with Gasteiger partial charge in [0.2, 0.25) is 0 Å². The van der Waals surface area contributed by atoms with Gasteiger partial charge in [0.1, 0.15) is 5.82 Å². The van der Waals surface area contributed by atoms with Crippen LogP contribution in [0, 0.1) is 0 Å². The van der Waals surface area contributed by atoms with Crippen molar-refractivity contribution in [2.75, 3.05) is 11.5 Å². The summed E-state index contributed by atoms with van der Waals surface area (Å²) in [6.07, 6.45) is 4.50. The molecule has 1 aliphatic heterocycles. The fourth-order valence-corrected chi connectivity index (χ4v) is 3.55. The second kappa shape index (κ2) is 4.37. The number of pyridine rings is 1. The van der Waals surface area contributed by atoms with Gasteiger partial charge in [-0.25, -0.2) is 0 Å². The van der Waals surface area contributed by atoms with Gasteiger partial charge in [-0.1, -0.05) is 15.9 Å². The molecule has 1 aliphatic rings. The molecule has 1 saturated heterocycles. The number of thioether (sulfide) groups is 1. The van der Waals surface area contributed by atoms with Crippen LogP contribution in [-0.4, -0.2) is 26.1 Å². The molecule has 16 heavy (non-hydrogen) atoms. The number of nitrogens with zero attached hydrogens (tertiary/aromatic N) is 3. The Morgan fingerprint density at radius 1 is 1.31 bits per heavy atom. The van der Waals surface area contributed by atoms with Crippen molar-refractivity contribution in [3.63, 3.8) is 0 Å². The third-order valence-electron chi connectivity index (χ3n) is 2.98. The van der Waals surface area contributed by atoms with Crippen LogP contribution in [0.3, 0.4) is 0 Å². The van der Waals surface area contributed by atoms with Gasteiger partial charge in [-0.3, -0.25) is 4.40 Å². The third kappa shape index (κ3) is 1.86. The lowest BCUT2D eigenvalue weighted by molar-refractivity contribution is 0.592. The van der Waals surface area contributed by atoms with Gasteiger partial charge in [0.15, 0.2) is 5.65 Å². The zero-order valence-electron chi connectivity index (χ0n) is 8.77. The smallest absolute Gasteiger partial charge is 0.161 e. The second-order valence-electron chi connectivity index (χ2n) is 4.02. The van der Waals surface area contributed by atoms with Crippen molar-refractivity contribution in [3.05, 3.63) is 28.6 Å². The van der Waals surface area contributed by atoms with Crippen molar-refractivity contribution in [3.8, 4) is 0 Å². The average molecular weight is 298 g/mol. The van der Waals surface area contributed by atoms with E-state index in [1.807, 2.05) is 23.9 Å². The molecule has 0 N–H and O–H groups in total. The summed E-state index contributed by atoms with van der Waals surface area (Å²) in [5.41, 5.74) is 0.933. The van der Waals surface area contributed by atoms with E-state index in [1.165, 1.54) is 24.3 Å². The van der Waals surface area contributed by atoms with E-state index in [2.05, 4.69) is 36.7 Å². The molecule has 0 bridgehead atoms. The molecule has 2 aromatic heterocycles. The van der Waals surface area contributed by atoms with Crippen LogP contribution in [-0.2, 0) is 0 Å². The van der Waals surface area contributed by atoms with E-state index in [-0.39, 0.29) is 0 Å². The number of fused-ring (bicyclic) bond motifs is 1. The molecule has 0 radical (unpaired) electrons. The molecule has 0 spiro atoms. The van der Waals surface area contributed by atoms with Crippen LogP contribution in [0.25, 0.3) is 5.65 Å². The molecule has 2 aromatic rings. The number of halogens is 1. The molecule has 1 fully saturated rings. The number of hydrogen-bond donors (Lipinski definition) is 0. The van der Waals surface area contributed by atoms with Crippen LogP contribution in [0.15, 0.2) is 22.8 Å². The number of hydrogen-bond acceptors (Lipinski definition) is 3. The maximum atomic E-state index is 4.34. The van der Waals surface area contributed by atoms with Crippen LogP contribution < -0.4 is 0 Å². The first-order chi connectivity index (χ1) is 7.84. The largest absolute Gasteiger partial charge is 0.286 e. The van der Waals surface area contributed by atoms with Crippen molar-refractivity contribution >= 4 is 33.3 Å². The van der Waals surface area contributed by atoms with E-state index in [0.29, 0.717) is 5.92 Å². The molecule has 5 heteroatoms. The monoisotopic (exact) mass is 297 g/mol. The topological polar surface area (TPSA) is 30.2 Å². The Bertz CT molecular complexity index is 505. The molecule has 0 saturated carbocycles. The maximum Gasteiger partial charge on any atom is 0.161 e. The van der Waals surface area contributed by atoms with Crippen LogP contribution in [0.1, 0.15) is 24.6 Å². The van der Waals surface area contributed by atoms with Gasteiger partial charge in [0.25, 0.3) is 0 Å². The van der Waals surface area contributed by atoms with Crippen LogP contribution in [0.5, 0.6) is 0 Å². The zero-order chi connectivity index (χ0) is 11.0. The van der Waals surface area contributed by atoms with Crippen molar-refractivity contribution in [2.24, 2.45) is 0 Å². The van der Waals surface area contributed by atoms with Gasteiger partial charge in [0.05, 0.1) is 0 Å². The first-order valence-electron chi connectivity index (χ1n) is 5.42. The summed E-state index contributed by atoms with van der Waals surface area (Å²) in [4.78, 5) is 0. The van der Waals surface area contributed by atoms with Crippen molar-refractivity contribution < 1.29 is 0 Å². The molecule has 0 atom stereocenters. The standard InChI is InChI=1S/C11H12BrN3S/c12-9-1-4-15-10(7-9)13-14-11(15)8-2-5-16-6-3-8/h1,4,7-8H,2-3,5-6H2. The molecular formula is C11H12BrN3S. The summed E-state index contributed by atoms with van der Waals surface area (Å²) in [5.74, 6) is 4.20. The molecule has 3 heterocycles. The minimum atomic E-state index is 0.581. The molecule has 0 aromatic carbocycles. The van der Waals surface area contributed by atoms with Crippen molar-refractivity contribution in [1.82, 2.24) is 14.6 Å². The summed E-state index contributed by atoms with van der Waals surface area (Å²) >= 11 is 5.49. The van der Waals surface area contributed by atoms with Gasteiger partial charge < -0.3 is 0 Å². The van der Waals surface area contributed by atoms with Crippen LogP contribution >= 0.6 is 27.7 Å². The SMILES string of the molecule is Brc1ccn2c(C3CCSCC3)nnc2c1. The van der Waals surface area contributed by atoms with Crippen molar-refractivity contribution in [2.45, 2.75) is 18.8 Å². The molecule has 3 nitrogen and oxygen atoms in total. The van der Waals surface area contributed by atoms with Gasteiger partial charge in [0, 0.05) is 16.6 Å². The van der Waals surface area contributed by atoms with E-state index in [1.54, 1.807) is 0 Å². The van der Waals surface area contributed by atoms with Gasteiger partial charge in [-0.05, 0) is 36.5 Å². The molecular weight excluding hydrogens is 286 g/mol. The summed E-state index contributed by atoms with van der Waals surface area (Å²) in [7, 11) is 0. The Kier molecular flexibility index (Phi) is 2.90. The number of rotatable bonds is 1. The number of aromatic nitrogens is 3. The summed E-state index contributed by atoms with van der Waals surface area (Å²) < 4.78 is 3.17. The molecule has 0 aliphatic carbocycles. The van der Waals surface area contributed by atoms with E-state index >= 15 is 0 Å². The normalized spacial score (nSPS) is 18.1. The van der Waals surface area contributed by atoms with E-state index < -0.39 is 0 Å². The maximum absolute atomic E-state index is 4.34. The Hall–Kier alpha value is -0.550. The molecule has 0 unspecified atom stereocenters. The van der Waals surface area contributed by atoms with Gasteiger partial charge in [-0.15, -0.1) is 10.2 Å². The highest BCUT2D eigenvalue weighted by molar-refractivity contribution is 9.10. The highest BCUT2D eigenvalue weighted by Crippen LogP contribution is 2.30. The summed E-state index contributed by atoms with van der Waals surface area (Å²) in [6, 6.07) is 4.05. The van der Waals surface area contributed by atoms with E-state index in [0.717, 1.165) is 15.9 Å². The second-order valence-corrected chi connectivity index (χ2v) is 6.16. The van der Waals surface area contributed by atoms with Crippen LogP contribution in [0.4, 0.5) is 0 Å². The van der Waals surface area contributed by atoms with Crippen LogP contribution in [0.2, 0.25) is 0 Å². The summed E-state index contributed by atoms with van der Waals surface area (Å²) in [6.45, 7) is 0. The van der Waals surface area contributed by atoms with Crippen molar-refractivity contribution in [1.29, 1.82) is 0 Å². The third-order valence-corrected chi connectivity index (χ3v) is 4.53. The predicted molar refractivity (Wildman–Crippen MR) is 70.0 cm³/mol. The van der Waals surface area contributed by atoms with Gasteiger partial charge in [-0.2, -0.15) is 11.8 Å². The lowest BCUT2D eigenvalue weighted by atomic mass is 10.0. The molecule has 84 valence electrons. The van der Waals surface area contributed by atoms with Gasteiger partial charge >= 0.3 is 0 Å².